The summed E-state index contributed by atoms with van der Waals surface area (Å²) in [6.07, 6.45) is 1.16. The van der Waals surface area contributed by atoms with Gasteiger partial charge in [-0.1, -0.05) is 6.07 Å². The van der Waals surface area contributed by atoms with Gasteiger partial charge in [0.2, 0.25) is 10.0 Å². The number of guanidine groups is 1. The summed E-state index contributed by atoms with van der Waals surface area (Å²) in [5.74, 6) is 0.681. The van der Waals surface area contributed by atoms with Crippen molar-refractivity contribution in [3.8, 4) is 0 Å². The van der Waals surface area contributed by atoms with Crippen molar-refractivity contribution in [2.75, 3.05) is 52.2 Å². The molecule has 1 atom stereocenters. The molecular formula is C18H34IN5O3S2. The summed E-state index contributed by atoms with van der Waals surface area (Å²) < 4.78 is 31.2. The molecule has 1 aromatic heterocycles. The maximum Gasteiger partial charge on any atom is 0.209 e. The van der Waals surface area contributed by atoms with Gasteiger partial charge in [0.05, 0.1) is 32.1 Å². The molecule has 2 rings (SSSR count). The van der Waals surface area contributed by atoms with E-state index in [-0.39, 0.29) is 30.0 Å². The van der Waals surface area contributed by atoms with Crippen LogP contribution in [0.25, 0.3) is 0 Å². The zero-order chi connectivity index (χ0) is 20.6. The minimum absolute atomic E-state index is 0. The van der Waals surface area contributed by atoms with Gasteiger partial charge in [0, 0.05) is 36.6 Å². The van der Waals surface area contributed by atoms with Crippen molar-refractivity contribution in [2.45, 2.75) is 32.4 Å². The van der Waals surface area contributed by atoms with Gasteiger partial charge in [-0.15, -0.1) is 35.3 Å². The van der Waals surface area contributed by atoms with E-state index in [0.29, 0.717) is 19.0 Å². The van der Waals surface area contributed by atoms with Crippen LogP contribution in [-0.2, 0) is 14.8 Å². The molecule has 1 fully saturated rings. The molecule has 11 heteroatoms. The van der Waals surface area contributed by atoms with E-state index in [2.05, 4.69) is 42.8 Å². The fourth-order valence-corrected chi connectivity index (χ4v) is 5.05. The molecule has 0 spiro atoms. The number of morpholine rings is 1. The van der Waals surface area contributed by atoms with Gasteiger partial charge in [0.1, 0.15) is 0 Å². The van der Waals surface area contributed by atoms with E-state index in [4.69, 9.17) is 4.74 Å². The van der Waals surface area contributed by atoms with Crippen molar-refractivity contribution in [1.29, 1.82) is 0 Å². The predicted octanol–water partition coefficient (Wildman–Crippen LogP) is 1.62. The topological polar surface area (TPSA) is 95.1 Å². The molecule has 29 heavy (non-hydrogen) atoms. The maximum atomic E-state index is 11.5. The van der Waals surface area contributed by atoms with Crippen LogP contribution in [0.1, 0.15) is 31.7 Å². The average Bonchev–Trinajstić information content (AvgIpc) is 3.13. The Bertz CT molecular complexity index is 720. The van der Waals surface area contributed by atoms with Crippen LogP contribution < -0.4 is 15.4 Å². The van der Waals surface area contributed by atoms with E-state index >= 15 is 0 Å². The Labute approximate surface area is 195 Å². The lowest BCUT2D eigenvalue weighted by molar-refractivity contribution is 0.0177. The third-order valence-electron chi connectivity index (χ3n) is 4.26. The molecule has 0 saturated carbocycles. The van der Waals surface area contributed by atoms with Gasteiger partial charge in [-0.3, -0.25) is 9.89 Å². The van der Waals surface area contributed by atoms with Gasteiger partial charge in [-0.2, -0.15) is 0 Å². The van der Waals surface area contributed by atoms with E-state index in [9.17, 15) is 8.42 Å². The van der Waals surface area contributed by atoms with Crippen LogP contribution in [0.15, 0.2) is 22.5 Å². The Morgan fingerprint density at radius 2 is 2.03 bits per heavy atom. The quantitative estimate of drug-likeness (QED) is 0.242. The van der Waals surface area contributed by atoms with Crippen molar-refractivity contribution >= 4 is 51.3 Å². The molecule has 0 amide bonds. The van der Waals surface area contributed by atoms with Crippen LogP contribution in [-0.4, -0.2) is 77.0 Å². The Morgan fingerprint density at radius 1 is 1.34 bits per heavy atom. The molecule has 0 aromatic carbocycles. The number of hydrogen-bond donors (Lipinski definition) is 3. The predicted molar refractivity (Wildman–Crippen MR) is 131 cm³/mol. The van der Waals surface area contributed by atoms with Crippen LogP contribution in [0.4, 0.5) is 0 Å². The van der Waals surface area contributed by atoms with Gasteiger partial charge in [0.25, 0.3) is 0 Å². The summed E-state index contributed by atoms with van der Waals surface area (Å²) in [7, 11) is -3.29. The number of thiophene rings is 1. The SMILES string of the molecule is CCNC(=NCC(C)(C)NS(C)(=O)=O)NCC(c1cccs1)N1CCOCC1.I. The van der Waals surface area contributed by atoms with Gasteiger partial charge >= 0.3 is 0 Å². The lowest BCUT2D eigenvalue weighted by atomic mass is 10.1. The fourth-order valence-electron chi connectivity index (χ4n) is 3.13. The van der Waals surface area contributed by atoms with Gasteiger partial charge < -0.3 is 15.4 Å². The smallest absolute Gasteiger partial charge is 0.209 e. The highest BCUT2D eigenvalue weighted by Crippen LogP contribution is 2.25. The number of nitrogens with zero attached hydrogens (tertiary/aromatic N) is 2. The van der Waals surface area contributed by atoms with Crippen molar-refractivity contribution in [3.05, 3.63) is 22.4 Å². The zero-order valence-corrected chi connectivity index (χ0v) is 21.6. The van der Waals surface area contributed by atoms with E-state index in [0.717, 1.165) is 39.1 Å². The highest BCUT2D eigenvalue weighted by molar-refractivity contribution is 14.0. The number of nitrogens with one attached hydrogen (secondary N) is 3. The van der Waals surface area contributed by atoms with Crippen LogP contribution >= 0.6 is 35.3 Å². The van der Waals surface area contributed by atoms with E-state index in [1.807, 2.05) is 20.8 Å². The minimum Gasteiger partial charge on any atom is -0.379 e. The molecule has 168 valence electrons. The second-order valence-electron chi connectivity index (χ2n) is 7.51. The first-order valence-corrected chi connectivity index (χ1v) is 12.3. The largest absolute Gasteiger partial charge is 0.379 e. The summed E-state index contributed by atoms with van der Waals surface area (Å²) in [5, 5.41) is 8.77. The van der Waals surface area contributed by atoms with E-state index in [1.165, 1.54) is 4.88 Å². The first kappa shape index (κ1) is 26.6. The zero-order valence-electron chi connectivity index (χ0n) is 17.6. The second-order valence-corrected chi connectivity index (χ2v) is 10.2. The number of ether oxygens (including phenoxy) is 1. The number of halogens is 1. The van der Waals surface area contributed by atoms with Crippen LogP contribution in [0.2, 0.25) is 0 Å². The summed E-state index contributed by atoms with van der Waals surface area (Å²) in [5.41, 5.74) is -0.659. The van der Waals surface area contributed by atoms with E-state index < -0.39 is 15.6 Å². The molecule has 1 aliphatic heterocycles. The first-order valence-electron chi connectivity index (χ1n) is 9.56. The molecule has 1 aliphatic rings. The summed E-state index contributed by atoms with van der Waals surface area (Å²) in [6.45, 7) is 10.7. The highest BCUT2D eigenvalue weighted by atomic mass is 127. The van der Waals surface area contributed by atoms with E-state index in [1.54, 1.807) is 11.3 Å². The molecule has 2 heterocycles. The molecule has 0 radical (unpaired) electrons. The summed E-state index contributed by atoms with van der Waals surface area (Å²) >= 11 is 1.75. The number of sulfonamides is 1. The van der Waals surface area contributed by atoms with Crippen molar-refractivity contribution < 1.29 is 13.2 Å². The van der Waals surface area contributed by atoms with Crippen LogP contribution in [0, 0.1) is 0 Å². The van der Waals surface area contributed by atoms with Gasteiger partial charge in [0.15, 0.2) is 5.96 Å². The Hall–Kier alpha value is -0.470. The molecule has 1 unspecified atom stereocenters. The minimum atomic E-state index is -3.29. The maximum absolute atomic E-state index is 11.5. The Morgan fingerprint density at radius 3 is 2.59 bits per heavy atom. The Balaban J connectivity index is 0.00000420. The monoisotopic (exact) mass is 559 g/mol. The van der Waals surface area contributed by atoms with Crippen molar-refractivity contribution in [1.82, 2.24) is 20.3 Å². The number of hydrogen-bond acceptors (Lipinski definition) is 6. The molecule has 0 aliphatic carbocycles. The standard InChI is InChI=1S/C18H33N5O3S2.HI/c1-5-19-17(21-14-18(2,3)22-28(4,24)25)20-13-15(16-7-6-12-27-16)23-8-10-26-11-9-23;/h6-7,12,15,22H,5,8-11,13-14H2,1-4H3,(H2,19,20,21);1H. The second kappa shape index (κ2) is 12.4. The molecule has 8 nitrogen and oxygen atoms in total. The van der Waals surface area contributed by atoms with Crippen LogP contribution in [0.5, 0.6) is 0 Å². The van der Waals surface area contributed by atoms with Crippen LogP contribution in [0.3, 0.4) is 0 Å². The lowest BCUT2D eigenvalue weighted by Crippen LogP contribution is -2.48. The highest BCUT2D eigenvalue weighted by Gasteiger charge is 2.24. The fraction of sp³-hybridized carbons (Fsp3) is 0.722. The Kier molecular flexibility index (Phi) is 11.4. The molecular weight excluding hydrogens is 525 g/mol. The van der Waals surface area contributed by atoms with Crippen molar-refractivity contribution in [2.24, 2.45) is 4.99 Å². The normalized spacial score (nSPS) is 17.4. The number of aliphatic imine (C=N–C) groups is 1. The van der Waals surface area contributed by atoms with Crippen molar-refractivity contribution in [3.63, 3.8) is 0 Å². The molecule has 1 saturated heterocycles. The molecule has 1 aromatic rings. The third kappa shape index (κ3) is 9.92. The first-order chi connectivity index (χ1) is 13.2. The van der Waals surface area contributed by atoms with Gasteiger partial charge in [-0.25, -0.2) is 13.1 Å². The summed E-state index contributed by atoms with van der Waals surface area (Å²) in [6, 6.07) is 4.48. The van der Waals surface area contributed by atoms with Gasteiger partial charge in [-0.05, 0) is 32.2 Å². The summed E-state index contributed by atoms with van der Waals surface area (Å²) in [4.78, 5) is 8.34. The third-order valence-corrected chi connectivity index (χ3v) is 6.16. The lowest BCUT2D eigenvalue weighted by Gasteiger charge is -2.34. The molecule has 3 N–H and O–H groups in total. The average molecular weight is 560 g/mol. The number of rotatable bonds is 9. The molecule has 0 bridgehead atoms.